The van der Waals surface area contributed by atoms with E-state index in [4.69, 9.17) is 0 Å². The lowest BCUT2D eigenvalue weighted by Crippen LogP contribution is -2.37. The Kier molecular flexibility index (Phi) is 3.29. The van der Waals surface area contributed by atoms with Crippen molar-refractivity contribution in [2.45, 2.75) is 17.5 Å². The molecule has 0 amide bonds. The van der Waals surface area contributed by atoms with Gasteiger partial charge in [-0.15, -0.1) is 5.10 Å². The Morgan fingerprint density at radius 2 is 2.38 bits per heavy atom. The fraction of sp³-hybridized carbons (Fsp3) is 0.714. The second kappa shape index (κ2) is 4.40. The molecule has 1 unspecified atom stereocenters. The van der Waals surface area contributed by atoms with Crippen molar-refractivity contribution in [3.05, 3.63) is 4.60 Å². The molecule has 1 atom stereocenters. The van der Waals surface area contributed by atoms with Crippen molar-refractivity contribution < 1.29 is 8.42 Å². The standard InChI is InChI=1S/C7H12BrN5O2S/c1-13-7(6(8)10-12-13)16(14,15)11-5-2-3-9-4-5/h5,9,11H,2-4H2,1H3. The van der Waals surface area contributed by atoms with E-state index in [1.165, 1.54) is 4.68 Å². The second-order valence-corrected chi connectivity index (χ2v) is 6.00. The monoisotopic (exact) mass is 309 g/mol. The number of aromatic nitrogens is 3. The molecule has 1 aliphatic rings. The van der Waals surface area contributed by atoms with Crippen LogP contribution in [0.5, 0.6) is 0 Å². The van der Waals surface area contributed by atoms with Crippen LogP contribution < -0.4 is 10.0 Å². The maximum absolute atomic E-state index is 12.0. The Balaban J connectivity index is 2.25. The first-order chi connectivity index (χ1) is 7.50. The molecule has 90 valence electrons. The quantitative estimate of drug-likeness (QED) is 0.764. The van der Waals surface area contributed by atoms with Crippen LogP contribution in [0.1, 0.15) is 6.42 Å². The molecule has 2 N–H and O–H groups in total. The normalized spacial score (nSPS) is 21.5. The van der Waals surface area contributed by atoms with E-state index in [0.717, 1.165) is 13.0 Å². The van der Waals surface area contributed by atoms with Gasteiger partial charge in [0.1, 0.15) is 0 Å². The minimum absolute atomic E-state index is 0.0550. The third kappa shape index (κ3) is 2.26. The molecule has 1 aromatic heterocycles. The van der Waals surface area contributed by atoms with Crippen LogP contribution in [0.3, 0.4) is 0 Å². The number of hydrogen-bond donors (Lipinski definition) is 2. The molecule has 0 spiro atoms. The van der Waals surface area contributed by atoms with Crippen LogP contribution in [0, 0.1) is 0 Å². The number of sulfonamides is 1. The average molecular weight is 310 g/mol. The molecular weight excluding hydrogens is 298 g/mol. The Morgan fingerprint density at radius 1 is 1.62 bits per heavy atom. The van der Waals surface area contributed by atoms with Crippen LogP contribution in [0.4, 0.5) is 0 Å². The molecule has 7 nitrogen and oxygen atoms in total. The molecule has 0 radical (unpaired) electrons. The van der Waals surface area contributed by atoms with E-state index in [1.54, 1.807) is 7.05 Å². The van der Waals surface area contributed by atoms with Crippen molar-refractivity contribution >= 4 is 26.0 Å². The minimum atomic E-state index is -3.56. The van der Waals surface area contributed by atoms with Crippen molar-refractivity contribution in [1.82, 2.24) is 25.0 Å². The van der Waals surface area contributed by atoms with Gasteiger partial charge in [0.2, 0.25) is 5.03 Å². The lowest BCUT2D eigenvalue weighted by molar-refractivity contribution is 0.542. The summed E-state index contributed by atoms with van der Waals surface area (Å²) >= 11 is 3.07. The molecule has 1 aromatic rings. The van der Waals surface area contributed by atoms with Crippen LogP contribution in [-0.4, -0.2) is 42.5 Å². The summed E-state index contributed by atoms with van der Waals surface area (Å²) in [5, 5.41) is 10.4. The van der Waals surface area contributed by atoms with Gasteiger partial charge in [-0.25, -0.2) is 17.8 Å². The first-order valence-corrected chi connectivity index (χ1v) is 7.06. The molecule has 1 fully saturated rings. The topological polar surface area (TPSA) is 88.9 Å². The van der Waals surface area contributed by atoms with Crippen molar-refractivity contribution in [1.29, 1.82) is 0 Å². The fourth-order valence-electron chi connectivity index (χ4n) is 1.64. The van der Waals surface area contributed by atoms with Gasteiger partial charge in [0.25, 0.3) is 10.0 Å². The van der Waals surface area contributed by atoms with E-state index in [0.29, 0.717) is 6.54 Å². The summed E-state index contributed by atoms with van der Waals surface area (Å²) in [4.78, 5) is 0. The Hall–Kier alpha value is -0.510. The highest BCUT2D eigenvalue weighted by Gasteiger charge is 2.28. The lowest BCUT2D eigenvalue weighted by atomic mass is 10.3. The Labute approximate surface area is 102 Å². The molecule has 2 rings (SSSR count). The second-order valence-electron chi connectivity index (χ2n) is 3.62. The van der Waals surface area contributed by atoms with Crippen LogP contribution in [0.2, 0.25) is 0 Å². The van der Waals surface area contributed by atoms with Gasteiger partial charge < -0.3 is 5.32 Å². The van der Waals surface area contributed by atoms with E-state index in [9.17, 15) is 8.42 Å². The van der Waals surface area contributed by atoms with Crippen molar-refractivity contribution in [2.75, 3.05) is 13.1 Å². The SMILES string of the molecule is Cn1nnc(Br)c1S(=O)(=O)NC1CCNC1. The van der Waals surface area contributed by atoms with Crippen LogP contribution >= 0.6 is 15.9 Å². The summed E-state index contributed by atoms with van der Waals surface area (Å²) in [7, 11) is -2.02. The molecular formula is C7H12BrN5O2S. The number of nitrogens with one attached hydrogen (secondary N) is 2. The largest absolute Gasteiger partial charge is 0.315 e. The fourth-order valence-corrected chi connectivity index (χ4v) is 4.00. The summed E-state index contributed by atoms with van der Waals surface area (Å²) in [6.07, 6.45) is 0.794. The third-order valence-corrected chi connectivity index (χ3v) is 4.78. The van der Waals surface area contributed by atoms with Gasteiger partial charge in [-0.2, -0.15) is 0 Å². The van der Waals surface area contributed by atoms with Gasteiger partial charge in [-0.1, -0.05) is 5.21 Å². The molecule has 1 saturated heterocycles. The molecule has 0 aromatic carbocycles. The Bertz CT molecular complexity index is 459. The zero-order chi connectivity index (χ0) is 11.8. The van der Waals surface area contributed by atoms with E-state index in [2.05, 4.69) is 36.3 Å². The zero-order valence-corrected chi connectivity index (χ0v) is 11.0. The highest BCUT2D eigenvalue weighted by Crippen LogP contribution is 2.18. The summed E-state index contributed by atoms with van der Waals surface area (Å²) in [5.74, 6) is 0. The highest BCUT2D eigenvalue weighted by molar-refractivity contribution is 9.10. The van der Waals surface area contributed by atoms with Crippen LogP contribution in [0.25, 0.3) is 0 Å². The first-order valence-electron chi connectivity index (χ1n) is 4.79. The van der Waals surface area contributed by atoms with Crippen molar-refractivity contribution in [3.63, 3.8) is 0 Å². The lowest BCUT2D eigenvalue weighted by Gasteiger charge is -2.11. The van der Waals surface area contributed by atoms with Crippen molar-refractivity contribution in [2.24, 2.45) is 7.05 Å². The summed E-state index contributed by atoms with van der Waals surface area (Å²) < 4.78 is 28.1. The van der Waals surface area contributed by atoms with Crippen molar-refractivity contribution in [3.8, 4) is 0 Å². The molecule has 0 saturated carbocycles. The van der Waals surface area contributed by atoms with Gasteiger partial charge in [-0.05, 0) is 28.9 Å². The van der Waals surface area contributed by atoms with E-state index in [1.807, 2.05) is 0 Å². The predicted octanol–water partition coefficient (Wildman–Crippen LogP) is -0.782. The van der Waals surface area contributed by atoms with Gasteiger partial charge in [0.15, 0.2) is 4.60 Å². The summed E-state index contributed by atoms with van der Waals surface area (Å²) in [5.41, 5.74) is 0. The van der Waals surface area contributed by atoms with Gasteiger partial charge in [-0.3, -0.25) is 0 Å². The number of halogens is 1. The third-order valence-electron chi connectivity index (χ3n) is 2.37. The van der Waals surface area contributed by atoms with E-state index >= 15 is 0 Å². The van der Waals surface area contributed by atoms with Gasteiger partial charge in [0.05, 0.1) is 0 Å². The molecule has 16 heavy (non-hydrogen) atoms. The number of aryl methyl sites for hydroxylation is 1. The molecule has 0 aliphatic carbocycles. The average Bonchev–Trinajstić information content (AvgIpc) is 2.76. The van der Waals surface area contributed by atoms with E-state index < -0.39 is 10.0 Å². The molecule has 9 heteroatoms. The summed E-state index contributed by atoms with van der Waals surface area (Å²) in [6, 6.07) is -0.0631. The molecule has 2 heterocycles. The first kappa shape index (κ1) is 12.0. The minimum Gasteiger partial charge on any atom is -0.315 e. The highest BCUT2D eigenvalue weighted by atomic mass is 79.9. The molecule has 0 bridgehead atoms. The Morgan fingerprint density at radius 3 is 2.88 bits per heavy atom. The maximum Gasteiger partial charge on any atom is 0.260 e. The molecule has 1 aliphatic heterocycles. The van der Waals surface area contributed by atoms with Crippen LogP contribution in [0.15, 0.2) is 9.63 Å². The smallest absolute Gasteiger partial charge is 0.260 e. The van der Waals surface area contributed by atoms with Gasteiger partial charge >= 0.3 is 0 Å². The number of hydrogen-bond acceptors (Lipinski definition) is 5. The van der Waals surface area contributed by atoms with E-state index in [-0.39, 0.29) is 15.7 Å². The van der Waals surface area contributed by atoms with Gasteiger partial charge in [0, 0.05) is 19.6 Å². The summed E-state index contributed by atoms with van der Waals surface area (Å²) in [6.45, 7) is 1.49. The zero-order valence-electron chi connectivity index (χ0n) is 8.64. The maximum atomic E-state index is 12.0. The predicted molar refractivity (Wildman–Crippen MR) is 60.3 cm³/mol. The van der Waals surface area contributed by atoms with Crippen LogP contribution in [-0.2, 0) is 17.1 Å². The number of rotatable bonds is 3. The number of nitrogens with zero attached hydrogens (tertiary/aromatic N) is 3.